The van der Waals surface area contributed by atoms with E-state index < -0.39 is 0 Å². The Morgan fingerprint density at radius 1 is 0.680 bits per heavy atom. The van der Waals surface area contributed by atoms with E-state index in [-0.39, 0.29) is 0 Å². The van der Waals surface area contributed by atoms with Crippen molar-refractivity contribution < 1.29 is 0 Å². The van der Waals surface area contributed by atoms with Gasteiger partial charge in [-0.05, 0) is 57.2 Å². The summed E-state index contributed by atoms with van der Waals surface area (Å²) in [5, 5.41) is 5.73. The fourth-order valence-corrected chi connectivity index (χ4v) is 3.93. The zero-order chi connectivity index (χ0) is 17.1. The van der Waals surface area contributed by atoms with Crippen LogP contribution < -0.4 is 10.4 Å². The Bertz CT molecular complexity index is 1050. The lowest BCUT2D eigenvalue weighted by atomic mass is 9.86. The van der Waals surface area contributed by atoms with Crippen molar-refractivity contribution in [3.05, 3.63) is 105 Å². The van der Waals surface area contributed by atoms with Gasteiger partial charge in [0.2, 0.25) is 0 Å². The molecule has 0 radical (unpaired) electrons. The zero-order valence-corrected chi connectivity index (χ0v) is 14.8. The average Bonchev–Trinajstić information content (AvgIpc) is 2.69. The highest BCUT2D eigenvalue weighted by atomic mass is 14.2. The summed E-state index contributed by atoms with van der Waals surface area (Å²) in [6.45, 7) is 2.32. The molecule has 0 spiro atoms. The SMILES string of the molecule is C[C@@H]1C=c2ccc3c(c2CC1)CC=c1ccccc1=3.c1ccccc1. The standard InChI is InChI=1S/C19H18.C6H6/c1-13-6-9-17-15(12-13)8-11-18-16-5-3-2-4-14(16)7-10-19(17)18;1-2-4-6-5-3-1/h2-5,7-8,11-13H,6,9-10H2,1H3;1-6H/t13-;/m0./s1. The van der Waals surface area contributed by atoms with Gasteiger partial charge in [-0.3, -0.25) is 0 Å². The summed E-state index contributed by atoms with van der Waals surface area (Å²) in [4.78, 5) is 0. The van der Waals surface area contributed by atoms with E-state index in [4.69, 9.17) is 0 Å². The molecule has 0 aromatic heterocycles. The monoisotopic (exact) mass is 324 g/mol. The van der Waals surface area contributed by atoms with Crippen molar-refractivity contribution in [1.29, 1.82) is 0 Å². The second kappa shape index (κ2) is 7.11. The second-order valence-corrected chi connectivity index (χ2v) is 6.99. The van der Waals surface area contributed by atoms with Crippen LogP contribution in [0, 0.1) is 16.4 Å². The largest absolute Gasteiger partial charge is 0.0741 e. The Hall–Kier alpha value is -2.60. The first kappa shape index (κ1) is 15.9. The molecule has 0 saturated carbocycles. The third kappa shape index (κ3) is 3.30. The Balaban J connectivity index is 0.000000223. The van der Waals surface area contributed by atoms with Gasteiger partial charge in [0.25, 0.3) is 0 Å². The normalized spacial score (nSPS) is 16.8. The molecule has 124 valence electrons. The minimum absolute atomic E-state index is 0.727. The molecule has 0 amide bonds. The molecule has 5 rings (SSSR count). The Kier molecular flexibility index (Phi) is 4.52. The van der Waals surface area contributed by atoms with Gasteiger partial charge in [0.05, 0.1) is 0 Å². The van der Waals surface area contributed by atoms with Crippen LogP contribution in [-0.2, 0) is 12.8 Å². The van der Waals surface area contributed by atoms with Gasteiger partial charge in [-0.1, -0.05) is 91.9 Å². The predicted octanol–water partition coefficient (Wildman–Crippen LogP) is 4.36. The van der Waals surface area contributed by atoms with Crippen LogP contribution in [0.3, 0.4) is 0 Å². The van der Waals surface area contributed by atoms with Gasteiger partial charge in [-0.25, -0.2) is 0 Å². The van der Waals surface area contributed by atoms with E-state index in [1.165, 1.54) is 33.7 Å². The molecule has 0 N–H and O–H groups in total. The van der Waals surface area contributed by atoms with Crippen molar-refractivity contribution in [3.63, 3.8) is 0 Å². The van der Waals surface area contributed by atoms with Crippen LogP contribution in [0.15, 0.2) is 72.8 Å². The molecule has 0 fully saturated rings. The van der Waals surface area contributed by atoms with Crippen molar-refractivity contribution in [1.82, 2.24) is 0 Å². The van der Waals surface area contributed by atoms with Crippen LogP contribution in [0.25, 0.3) is 12.2 Å². The zero-order valence-electron chi connectivity index (χ0n) is 14.8. The minimum atomic E-state index is 0.727. The highest BCUT2D eigenvalue weighted by Gasteiger charge is 2.13. The molecular formula is C25H24. The molecule has 2 aliphatic rings. The Morgan fingerprint density at radius 2 is 1.40 bits per heavy atom. The highest BCUT2D eigenvalue weighted by molar-refractivity contribution is 5.47. The van der Waals surface area contributed by atoms with E-state index in [0.29, 0.717) is 0 Å². The number of benzene rings is 3. The maximum absolute atomic E-state index is 2.44. The van der Waals surface area contributed by atoms with Crippen LogP contribution in [0.5, 0.6) is 0 Å². The van der Waals surface area contributed by atoms with Crippen LogP contribution in [-0.4, -0.2) is 0 Å². The van der Waals surface area contributed by atoms with Gasteiger partial charge in [0.15, 0.2) is 0 Å². The van der Waals surface area contributed by atoms with Crippen molar-refractivity contribution in [3.8, 4) is 0 Å². The van der Waals surface area contributed by atoms with Crippen molar-refractivity contribution in [2.24, 2.45) is 5.92 Å². The Morgan fingerprint density at radius 3 is 2.16 bits per heavy atom. The number of hydrogen-bond donors (Lipinski definition) is 0. The molecule has 0 heteroatoms. The number of rotatable bonds is 0. The number of fused-ring (bicyclic) bond motifs is 4. The molecule has 25 heavy (non-hydrogen) atoms. The first-order valence-electron chi connectivity index (χ1n) is 9.25. The molecule has 0 nitrogen and oxygen atoms in total. The minimum Gasteiger partial charge on any atom is -0.0741 e. The molecule has 0 bridgehead atoms. The van der Waals surface area contributed by atoms with Gasteiger partial charge < -0.3 is 0 Å². The molecule has 0 heterocycles. The van der Waals surface area contributed by atoms with Crippen molar-refractivity contribution in [2.75, 3.05) is 0 Å². The average molecular weight is 324 g/mol. The molecule has 0 unspecified atom stereocenters. The first-order chi connectivity index (χ1) is 12.3. The lowest BCUT2D eigenvalue weighted by Crippen LogP contribution is -2.22. The van der Waals surface area contributed by atoms with E-state index >= 15 is 0 Å². The maximum Gasteiger partial charge on any atom is -0.00791 e. The first-order valence-corrected chi connectivity index (χ1v) is 9.25. The van der Waals surface area contributed by atoms with E-state index in [1.807, 2.05) is 36.4 Å². The predicted molar refractivity (Wildman–Crippen MR) is 106 cm³/mol. The Labute approximate surface area is 149 Å². The molecule has 0 aliphatic heterocycles. The molecule has 3 aromatic carbocycles. The quantitative estimate of drug-likeness (QED) is 0.576. The van der Waals surface area contributed by atoms with Crippen molar-refractivity contribution in [2.45, 2.75) is 26.2 Å². The lowest BCUT2D eigenvalue weighted by Gasteiger charge is -2.19. The summed E-state index contributed by atoms with van der Waals surface area (Å²) in [6, 6.07) is 25.4. The van der Waals surface area contributed by atoms with E-state index in [1.54, 1.807) is 11.1 Å². The maximum atomic E-state index is 2.44. The fourth-order valence-electron chi connectivity index (χ4n) is 3.93. The smallest absolute Gasteiger partial charge is 0.00791 e. The fraction of sp³-hybridized carbons (Fsp3) is 0.200. The van der Waals surface area contributed by atoms with E-state index in [2.05, 4.69) is 55.5 Å². The van der Waals surface area contributed by atoms with Gasteiger partial charge >= 0.3 is 0 Å². The molecule has 1 atom stereocenters. The van der Waals surface area contributed by atoms with Crippen LogP contribution in [0.1, 0.15) is 24.5 Å². The second-order valence-electron chi connectivity index (χ2n) is 6.99. The van der Waals surface area contributed by atoms with E-state index in [9.17, 15) is 0 Å². The third-order valence-corrected chi connectivity index (χ3v) is 5.22. The topological polar surface area (TPSA) is 0 Å². The van der Waals surface area contributed by atoms with Crippen LogP contribution in [0.2, 0.25) is 0 Å². The molecule has 3 aromatic rings. The summed E-state index contributed by atoms with van der Waals surface area (Å²) in [6.07, 6.45) is 8.46. The summed E-state index contributed by atoms with van der Waals surface area (Å²) >= 11 is 0. The van der Waals surface area contributed by atoms with Crippen LogP contribution in [0.4, 0.5) is 0 Å². The summed E-state index contributed by atoms with van der Waals surface area (Å²) in [7, 11) is 0. The van der Waals surface area contributed by atoms with Crippen LogP contribution >= 0.6 is 0 Å². The lowest BCUT2D eigenvalue weighted by molar-refractivity contribution is 0.656. The van der Waals surface area contributed by atoms with Gasteiger partial charge in [-0.2, -0.15) is 0 Å². The molecular weight excluding hydrogens is 300 g/mol. The van der Waals surface area contributed by atoms with Crippen molar-refractivity contribution >= 4 is 12.2 Å². The summed E-state index contributed by atoms with van der Waals surface area (Å²) in [5.74, 6) is 0.727. The molecule has 0 saturated heterocycles. The highest BCUT2D eigenvalue weighted by Crippen LogP contribution is 2.20. The van der Waals surface area contributed by atoms with Gasteiger partial charge in [0.1, 0.15) is 0 Å². The van der Waals surface area contributed by atoms with E-state index in [0.717, 1.165) is 12.3 Å². The summed E-state index contributed by atoms with van der Waals surface area (Å²) in [5.41, 5.74) is 3.17. The number of hydrogen-bond acceptors (Lipinski definition) is 0. The van der Waals surface area contributed by atoms with Gasteiger partial charge in [0, 0.05) is 0 Å². The molecule has 2 aliphatic carbocycles. The summed E-state index contributed by atoms with van der Waals surface area (Å²) < 4.78 is 0. The third-order valence-electron chi connectivity index (χ3n) is 5.22. The van der Waals surface area contributed by atoms with Gasteiger partial charge in [-0.15, -0.1) is 0 Å².